The van der Waals surface area contributed by atoms with Gasteiger partial charge >= 0.3 is 0 Å². The molecule has 2 aliphatic heterocycles. The van der Waals surface area contributed by atoms with Crippen molar-refractivity contribution in [1.82, 2.24) is 19.7 Å². The largest absolute Gasteiger partial charge is 0.357 e. The molecule has 0 bridgehead atoms. The number of anilines is 3. The van der Waals surface area contributed by atoms with Crippen LogP contribution >= 0.6 is 0 Å². The second-order valence-corrected chi connectivity index (χ2v) is 8.39. The highest BCUT2D eigenvalue weighted by Crippen LogP contribution is 2.30. The Morgan fingerprint density at radius 3 is 2.47 bits per heavy atom. The molecule has 0 aliphatic carbocycles. The number of carbonyl (C=O) groups excluding carboxylic acids is 1. The number of hydrogen-bond acceptors (Lipinski definition) is 5. The van der Waals surface area contributed by atoms with Crippen LogP contribution in [0.4, 0.5) is 17.2 Å². The van der Waals surface area contributed by atoms with Crippen LogP contribution in [0, 0.1) is 0 Å². The number of nitrogens with zero attached hydrogens (tertiary/aromatic N) is 4. The van der Waals surface area contributed by atoms with Crippen LogP contribution in [0.2, 0.25) is 0 Å². The van der Waals surface area contributed by atoms with Gasteiger partial charge in [0.1, 0.15) is 5.82 Å². The molecule has 3 aromatic heterocycles. The predicted octanol–water partition coefficient (Wildman–Crippen LogP) is 6.43. The first-order chi connectivity index (χ1) is 17.8. The average molecular weight is 485 g/mol. The quantitative estimate of drug-likeness (QED) is 0.349. The van der Waals surface area contributed by atoms with Crippen molar-refractivity contribution in [1.29, 1.82) is 0 Å². The number of benzene rings is 1. The number of piperidine rings is 1. The van der Waals surface area contributed by atoms with E-state index in [2.05, 4.69) is 54.2 Å². The van der Waals surface area contributed by atoms with Gasteiger partial charge in [0.25, 0.3) is 5.91 Å². The average Bonchev–Trinajstić information content (AvgIpc) is 3.59. The zero-order valence-corrected chi connectivity index (χ0v) is 21.7. The summed E-state index contributed by atoms with van der Waals surface area (Å²) in [5.41, 5.74) is 6.58. The predicted molar refractivity (Wildman–Crippen MR) is 148 cm³/mol. The van der Waals surface area contributed by atoms with Crippen molar-refractivity contribution in [3.05, 3.63) is 72.2 Å². The molecule has 36 heavy (non-hydrogen) atoms. The van der Waals surface area contributed by atoms with E-state index in [0.29, 0.717) is 6.54 Å². The molecule has 0 unspecified atom stereocenters. The summed E-state index contributed by atoms with van der Waals surface area (Å²) < 4.78 is 2.07. The van der Waals surface area contributed by atoms with Gasteiger partial charge in [-0.3, -0.25) is 9.20 Å². The third kappa shape index (κ3) is 5.05. The van der Waals surface area contributed by atoms with Crippen molar-refractivity contribution in [3.63, 3.8) is 0 Å². The summed E-state index contributed by atoms with van der Waals surface area (Å²) in [6, 6.07) is 14.3. The Morgan fingerprint density at radius 2 is 1.72 bits per heavy atom. The van der Waals surface area contributed by atoms with Crippen molar-refractivity contribution in [2.75, 3.05) is 23.3 Å². The monoisotopic (exact) mass is 484 g/mol. The lowest BCUT2D eigenvalue weighted by Gasteiger charge is -2.27. The zero-order chi connectivity index (χ0) is 25.5. The molecule has 1 fully saturated rings. The maximum atomic E-state index is 11.9. The lowest BCUT2D eigenvalue weighted by molar-refractivity contribution is 0.0965. The molecule has 1 amide bonds. The van der Waals surface area contributed by atoms with E-state index in [0.717, 1.165) is 58.3 Å². The molecule has 188 valence electrons. The molecule has 4 aromatic rings. The van der Waals surface area contributed by atoms with Crippen LogP contribution in [-0.4, -0.2) is 33.4 Å². The fourth-order valence-corrected chi connectivity index (χ4v) is 4.66. The fraction of sp³-hybridized carbons (Fsp3) is 0.345. The zero-order valence-electron chi connectivity index (χ0n) is 21.7. The Kier molecular flexibility index (Phi) is 8.21. The van der Waals surface area contributed by atoms with Gasteiger partial charge in [-0.15, -0.1) is 0 Å². The molecule has 7 nitrogen and oxygen atoms in total. The minimum atomic E-state index is -0.00112. The van der Waals surface area contributed by atoms with Gasteiger partial charge in [0.15, 0.2) is 5.65 Å². The second-order valence-electron chi connectivity index (χ2n) is 8.39. The van der Waals surface area contributed by atoms with E-state index in [4.69, 9.17) is 0 Å². The third-order valence-corrected chi connectivity index (χ3v) is 6.34. The molecule has 5 heterocycles. The molecule has 0 spiro atoms. The van der Waals surface area contributed by atoms with E-state index in [-0.39, 0.29) is 5.91 Å². The Bertz CT molecular complexity index is 1310. The van der Waals surface area contributed by atoms with E-state index in [1.54, 1.807) is 6.20 Å². The van der Waals surface area contributed by atoms with Gasteiger partial charge in [-0.2, -0.15) is 0 Å². The number of fused-ring (bicyclic) bond motifs is 2. The molecule has 7 heteroatoms. The standard InChI is InChI=1S/C25H24N6O.2C2H6/c32-25-20-6-4-17(14-18(20)15-28-25)22-8-7-21(24-26-10-13-31(22)24)29-19-5-9-23(27-16-19)30-11-2-1-3-12-30;2*1-2/h4-10,13-14,16,29H,1-3,11-12,15H2,(H,28,32);2*1-2H3. The first-order valence-electron chi connectivity index (χ1n) is 13.1. The number of aromatic nitrogens is 3. The van der Waals surface area contributed by atoms with Crippen LogP contribution in [0.3, 0.4) is 0 Å². The van der Waals surface area contributed by atoms with Crippen molar-refractivity contribution in [2.24, 2.45) is 0 Å². The lowest BCUT2D eigenvalue weighted by Crippen LogP contribution is -2.29. The number of pyridine rings is 2. The summed E-state index contributed by atoms with van der Waals surface area (Å²) >= 11 is 0. The summed E-state index contributed by atoms with van der Waals surface area (Å²) in [6.07, 6.45) is 9.45. The van der Waals surface area contributed by atoms with Gasteiger partial charge in [0.2, 0.25) is 0 Å². The highest BCUT2D eigenvalue weighted by atomic mass is 16.1. The van der Waals surface area contributed by atoms with Crippen LogP contribution in [0.25, 0.3) is 16.9 Å². The smallest absolute Gasteiger partial charge is 0.251 e. The summed E-state index contributed by atoms with van der Waals surface area (Å²) in [6.45, 7) is 10.8. The Balaban J connectivity index is 0.000000726. The Hall–Kier alpha value is -3.87. The number of imidazole rings is 1. The van der Waals surface area contributed by atoms with Crippen LogP contribution in [0.1, 0.15) is 62.9 Å². The van der Waals surface area contributed by atoms with Gasteiger partial charge in [0.05, 0.1) is 23.3 Å². The first-order valence-corrected chi connectivity index (χ1v) is 13.1. The van der Waals surface area contributed by atoms with Gasteiger partial charge in [-0.1, -0.05) is 33.8 Å². The molecule has 1 aromatic carbocycles. The number of amides is 1. The number of carbonyl (C=O) groups is 1. The van der Waals surface area contributed by atoms with Crippen molar-refractivity contribution < 1.29 is 4.79 Å². The van der Waals surface area contributed by atoms with E-state index in [1.165, 1.54) is 19.3 Å². The molecule has 0 saturated carbocycles. The van der Waals surface area contributed by atoms with Crippen molar-refractivity contribution >= 4 is 28.7 Å². The number of rotatable bonds is 4. The molecule has 2 N–H and O–H groups in total. The van der Waals surface area contributed by atoms with Crippen LogP contribution < -0.4 is 15.5 Å². The topological polar surface area (TPSA) is 74.6 Å². The summed E-state index contributed by atoms with van der Waals surface area (Å²) in [7, 11) is 0. The van der Waals surface area contributed by atoms with Gasteiger partial charge < -0.3 is 15.5 Å². The van der Waals surface area contributed by atoms with Crippen LogP contribution in [0.5, 0.6) is 0 Å². The molecule has 1 saturated heterocycles. The van der Waals surface area contributed by atoms with Gasteiger partial charge in [-0.25, -0.2) is 9.97 Å². The maximum absolute atomic E-state index is 11.9. The minimum absolute atomic E-state index is 0.00112. The fourth-order valence-electron chi connectivity index (χ4n) is 4.66. The van der Waals surface area contributed by atoms with E-state index < -0.39 is 0 Å². The van der Waals surface area contributed by atoms with Gasteiger partial charge in [0, 0.05) is 37.6 Å². The SMILES string of the molecule is CC.CC.O=C1NCc2cc(-c3ccc(Nc4ccc(N5CCCCC5)nc4)c4nccn34)ccc21. The molecule has 0 atom stereocenters. The highest BCUT2D eigenvalue weighted by Gasteiger charge is 2.20. The van der Waals surface area contributed by atoms with Crippen molar-refractivity contribution in [2.45, 2.75) is 53.5 Å². The summed E-state index contributed by atoms with van der Waals surface area (Å²) in [5.74, 6) is 1.04. The van der Waals surface area contributed by atoms with E-state index >= 15 is 0 Å². The normalized spacial score (nSPS) is 14.2. The summed E-state index contributed by atoms with van der Waals surface area (Å²) in [4.78, 5) is 23.5. The van der Waals surface area contributed by atoms with Crippen LogP contribution in [-0.2, 0) is 6.54 Å². The first kappa shape index (κ1) is 25.2. The summed E-state index contributed by atoms with van der Waals surface area (Å²) in [5, 5.41) is 6.35. The van der Waals surface area contributed by atoms with Crippen LogP contribution in [0.15, 0.2) is 61.1 Å². The Morgan fingerprint density at radius 1 is 0.917 bits per heavy atom. The number of hydrogen-bond donors (Lipinski definition) is 2. The third-order valence-electron chi connectivity index (χ3n) is 6.34. The Labute approximate surface area is 213 Å². The minimum Gasteiger partial charge on any atom is -0.357 e. The molecular weight excluding hydrogens is 448 g/mol. The maximum Gasteiger partial charge on any atom is 0.251 e. The number of nitrogens with one attached hydrogen (secondary N) is 2. The second kappa shape index (κ2) is 11.7. The van der Waals surface area contributed by atoms with E-state index in [9.17, 15) is 4.79 Å². The molecule has 0 radical (unpaired) electrons. The van der Waals surface area contributed by atoms with Crippen molar-refractivity contribution in [3.8, 4) is 11.3 Å². The highest BCUT2D eigenvalue weighted by molar-refractivity contribution is 5.99. The molecular formula is C29H36N6O. The molecule has 6 rings (SSSR count). The van der Waals surface area contributed by atoms with Gasteiger partial charge in [-0.05, 0) is 66.8 Å². The molecule has 2 aliphatic rings. The lowest BCUT2D eigenvalue weighted by atomic mass is 10.0. The van der Waals surface area contributed by atoms with E-state index in [1.807, 2.05) is 58.3 Å².